The van der Waals surface area contributed by atoms with Gasteiger partial charge in [-0.3, -0.25) is 55.3 Å². The number of imidazole rings is 1. The number of benzene rings is 4. The zero-order valence-electron chi connectivity index (χ0n) is 76.7. The maximum atomic E-state index is 13.8. The van der Waals surface area contributed by atoms with Crippen LogP contribution in [0, 0.1) is 25.5 Å². The fourth-order valence-electron chi connectivity index (χ4n) is 18.0. The second-order valence-corrected chi connectivity index (χ2v) is 34.7. The molecule has 136 heavy (non-hydrogen) atoms. The first-order chi connectivity index (χ1) is 66.0. The molecular formula is C101H104F2N26O7. The van der Waals surface area contributed by atoms with Gasteiger partial charge in [0, 0.05) is 281 Å². The Morgan fingerprint density at radius 2 is 0.654 bits per heavy atom. The molecule has 0 aliphatic carbocycles. The molecule has 35 heteroatoms. The van der Waals surface area contributed by atoms with Crippen LogP contribution in [-0.2, 0) is 14.1 Å². The normalized spacial score (nSPS) is 15.9. The number of aromatic nitrogens is 16. The quantitative estimate of drug-likeness (QED) is 0.0759. The molecule has 5 N–H and O–H groups in total. The summed E-state index contributed by atoms with van der Waals surface area (Å²) in [6.45, 7) is 25.0. The molecule has 694 valence electrons. The van der Waals surface area contributed by atoms with E-state index in [1.807, 2.05) is 191 Å². The molecule has 18 aromatic rings. The van der Waals surface area contributed by atoms with E-state index in [0.717, 1.165) is 202 Å². The molecule has 19 heterocycles. The molecule has 5 fully saturated rings. The summed E-state index contributed by atoms with van der Waals surface area (Å²) < 4.78 is 51.3. The van der Waals surface area contributed by atoms with E-state index < -0.39 is 11.6 Å². The van der Waals surface area contributed by atoms with Crippen LogP contribution in [0.15, 0.2) is 250 Å². The molecule has 5 saturated heterocycles. The Kier molecular flexibility index (Phi) is 25.8. The predicted molar refractivity (Wildman–Crippen MR) is 529 cm³/mol. The van der Waals surface area contributed by atoms with Gasteiger partial charge in [-0.1, -0.05) is 12.1 Å². The highest BCUT2D eigenvalue weighted by Crippen LogP contribution is 2.32. The van der Waals surface area contributed by atoms with E-state index in [4.69, 9.17) is 24.4 Å². The lowest BCUT2D eigenvalue weighted by molar-refractivity contribution is 0.411. The second kappa shape index (κ2) is 39.0. The Morgan fingerprint density at radius 1 is 0.331 bits per heavy atom. The van der Waals surface area contributed by atoms with Gasteiger partial charge >= 0.3 is 0 Å². The van der Waals surface area contributed by atoms with Gasteiger partial charge in [0.2, 0.25) is 0 Å². The summed E-state index contributed by atoms with van der Waals surface area (Å²) in [5.41, 5.74) is 19.0. The summed E-state index contributed by atoms with van der Waals surface area (Å²) in [5.74, 6) is -0.101. The minimum Gasteiger partial charge on any atom is -0.497 e. The summed E-state index contributed by atoms with van der Waals surface area (Å²) in [7, 11) is 6.74. The maximum Gasteiger partial charge on any atom is 0.258 e. The van der Waals surface area contributed by atoms with Gasteiger partial charge in [-0.2, -0.15) is 10.2 Å². The lowest BCUT2D eigenvalue weighted by atomic mass is 10.1. The third-order valence-electron chi connectivity index (χ3n) is 24.9. The number of hydrogen-bond acceptors (Lipinski definition) is 25. The van der Waals surface area contributed by atoms with Crippen molar-refractivity contribution in [2.24, 2.45) is 14.1 Å². The van der Waals surface area contributed by atoms with Gasteiger partial charge in [-0.05, 0) is 149 Å². The van der Waals surface area contributed by atoms with E-state index >= 15 is 0 Å². The van der Waals surface area contributed by atoms with Crippen LogP contribution < -0.4 is 88.4 Å². The molecule has 5 aliphatic heterocycles. The third kappa shape index (κ3) is 19.8. The van der Waals surface area contributed by atoms with E-state index in [1.54, 1.807) is 52.9 Å². The molecule has 4 aromatic carbocycles. The fourth-order valence-corrected chi connectivity index (χ4v) is 18.0. The number of halogens is 2. The number of methoxy groups -OCH3 is 2. The van der Waals surface area contributed by atoms with Gasteiger partial charge in [0.05, 0.1) is 87.9 Å². The summed E-state index contributed by atoms with van der Waals surface area (Å²) >= 11 is 0. The third-order valence-corrected chi connectivity index (χ3v) is 24.9. The monoisotopic (exact) mass is 1830 g/mol. The summed E-state index contributed by atoms with van der Waals surface area (Å²) in [6, 6.07) is 50.5. The van der Waals surface area contributed by atoms with Gasteiger partial charge < -0.3 is 65.0 Å². The Hall–Kier alpha value is -15.4. The smallest absolute Gasteiger partial charge is 0.258 e. The average Bonchev–Trinajstić information content (AvgIpc) is 1.74. The van der Waals surface area contributed by atoms with Crippen LogP contribution >= 0.6 is 0 Å². The highest BCUT2D eigenvalue weighted by Gasteiger charge is 2.24. The Balaban J connectivity index is 0.000000109. The minimum atomic E-state index is -0.436. The zero-order valence-corrected chi connectivity index (χ0v) is 76.7. The van der Waals surface area contributed by atoms with Crippen LogP contribution in [-0.4, -0.2) is 220 Å². The van der Waals surface area contributed by atoms with Crippen molar-refractivity contribution in [3.63, 3.8) is 0 Å². The summed E-state index contributed by atoms with van der Waals surface area (Å²) in [5, 5.41) is 27.7. The van der Waals surface area contributed by atoms with E-state index in [2.05, 4.69) is 90.1 Å². The lowest BCUT2D eigenvalue weighted by Gasteiger charge is -2.33. The minimum absolute atomic E-state index is 0.0710. The number of piperazine rings is 5. The van der Waals surface area contributed by atoms with Gasteiger partial charge in [0.1, 0.15) is 57.0 Å². The predicted octanol–water partition coefficient (Wildman–Crippen LogP) is 9.97. The molecule has 23 rings (SSSR count). The number of hydrogen-bond donors (Lipinski definition) is 5. The van der Waals surface area contributed by atoms with Gasteiger partial charge in [0.25, 0.3) is 27.8 Å². The lowest BCUT2D eigenvalue weighted by Crippen LogP contribution is -2.49. The van der Waals surface area contributed by atoms with Crippen LogP contribution in [0.3, 0.4) is 0 Å². The molecule has 5 aliphatic rings. The van der Waals surface area contributed by atoms with Crippen LogP contribution in [0.1, 0.15) is 25.1 Å². The van der Waals surface area contributed by atoms with Crippen molar-refractivity contribution < 1.29 is 18.3 Å². The van der Waals surface area contributed by atoms with Crippen molar-refractivity contribution in [1.82, 2.24) is 102 Å². The summed E-state index contributed by atoms with van der Waals surface area (Å²) in [6.07, 6.45) is 17.2. The van der Waals surface area contributed by atoms with E-state index in [-0.39, 0.29) is 27.8 Å². The van der Waals surface area contributed by atoms with Crippen molar-refractivity contribution in [2.75, 3.05) is 157 Å². The van der Waals surface area contributed by atoms with Gasteiger partial charge in [0.15, 0.2) is 0 Å². The maximum absolute atomic E-state index is 13.8. The first kappa shape index (κ1) is 89.8. The molecule has 0 bridgehead atoms. The molecular weight excluding hydrogens is 1730 g/mol. The van der Waals surface area contributed by atoms with E-state index in [9.17, 15) is 32.8 Å². The standard InChI is InChI=1S/2C21H22N6O.C20H21FN4O2.C20H20N6O.C19H19FN4O2/c1-14-11-26(8-7-22-14)17-4-6-20-23-19(10-21(28)27(20)13-17)15-3-5-18-16(9-15)12-25(2)24-18;1-14-9-16(12-26-11-15(2)23-21(14)26)18-10-20(28)27-13-17(3-4-19(27)24-18)25-7-5-22-6-8-25;1-13-11-24(6-5-22-13)16-3-4-19-23-18(10-20(26)25(19)12-16)14-7-15(21)9-17(8-14)27-2;1-24-12-15-10-14(2-4-17(15)23-24)18-11-20(27)26-13-16(3-5-19(26)22-18)25-8-6-21-7-9-25;1-26-16-9-13(8-14(20)10-16)17-11-19(25)24-12-15(2-3-18(24)22-17)23-6-4-21-5-7-23/h3-6,9-10,12-14,22H,7-8,11H2,1-2H3;3-4,9-13,22H,5-8H2,1-2H3;3-4,7-10,12-13,22H,5-6,11H2,1-2H3;2-5,10-13,21H,6-9H2,1H3;2-3,8-12,21H,4-7H2,1H3/t14-;;13-;;/m0.0../s1. The Morgan fingerprint density at radius 3 is 0.993 bits per heavy atom. The van der Waals surface area contributed by atoms with Crippen molar-refractivity contribution in [3.05, 3.63) is 300 Å². The molecule has 33 nitrogen and oxygen atoms in total. The van der Waals surface area contributed by atoms with Crippen LogP contribution in [0.25, 0.3) is 112 Å². The van der Waals surface area contributed by atoms with Crippen LogP contribution in [0.5, 0.6) is 11.5 Å². The first-order valence-corrected chi connectivity index (χ1v) is 45.5. The molecule has 2 atom stereocenters. The van der Waals surface area contributed by atoms with Crippen LogP contribution in [0.4, 0.5) is 37.2 Å². The van der Waals surface area contributed by atoms with E-state index in [0.29, 0.717) is 91.4 Å². The number of fused-ring (bicyclic) bond motifs is 8. The van der Waals surface area contributed by atoms with Gasteiger partial charge in [-0.15, -0.1) is 0 Å². The second-order valence-electron chi connectivity index (χ2n) is 34.7. The van der Waals surface area contributed by atoms with Crippen molar-refractivity contribution in [1.29, 1.82) is 0 Å². The molecule has 0 spiro atoms. The summed E-state index contributed by atoms with van der Waals surface area (Å²) in [4.78, 5) is 103. The first-order valence-electron chi connectivity index (χ1n) is 45.5. The topological polar surface area (TPSA) is 320 Å². The van der Waals surface area contributed by atoms with Crippen molar-refractivity contribution in [2.45, 2.75) is 39.8 Å². The molecule has 0 saturated carbocycles. The Bertz CT molecular complexity index is 7880. The fraction of sp³-hybridized carbons (Fsp3) is 0.277. The number of nitrogens with zero attached hydrogens (tertiary/aromatic N) is 21. The molecule has 14 aromatic heterocycles. The molecule has 0 unspecified atom stereocenters. The van der Waals surface area contributed by atoms with E-state index in [1.165, 1.54) is 59.4 Å². The number of nitrogens with one attached hydrogen (secondary N) is 5. The molecule has 0 amide bonds. The zero-order chi connectivity index (χ0) is 93.9. The van der Waals surface area contributed by atoms with Crippen molar-refractivity contribution >= 4 is 84.1 Å². The highest BCUT2D eigenvalue weighted by molar-refractivity contribution is 5.85. The highest BCUT2D eigenvalue weighted by atomic mass is 19.1. The Labute approximate surface area is 779 Å². The number of pyridine rings is 6. The number of anilines is 5. The number of ether oxygens (including phenoxy) is 2. The largest absolute Gasteiger partial charge is 0.497 e. The van der Waals surface area contributed by atoms with Crippen molar-refractivity contribution in [3.8, 4) is 67.8 Å². The van der Waals surface area contributed by atoms with Crippen LogP contribution in [0.2, 0.25) is 0 Å². The SMILES string of the molecule is COc1cc(F)cc(-c2cc(=O)n3cc(N4CCNCC4)ccc3n2)c1.COc1cc(F)cc(-c2cc(=O)n3cc(N4CCN[C@@H](C)C4)ccc3n2)c1.C[C@H]1CN(c2ccc3nc(-c4ccc5nn(C)cc5c4)cc(=O)n3c2)CCN1.Cc1cn2cc(-c3cc(=O)n4cc(N5CCNCC5)ccc4n3)cc(C)c2n1.Cn1cc2cc(-c3cc(=O)n4cc(N5CCNCC5)ccc4n3)ccc2n1. The average molecular weight is 1830 g/mol. The molecule has 0 radical (unpaired) electrons. The number of aryl methyl sites for hydroxylation is 4. The van der Waals surface area contributed by atoms with Gasteiger partial charge in [-0.25, -0.2) is 38.7 Å². The number of rotatable bonds is 12.